The lowest BCUT2D eigenvalue weighted by Gasteiger charge is -2.16. The van der Waals surface area contributed by atoms with Crippen LogP contribution in [0.4, 0.5) is 0 Å². The summed E-state index contributed by atoms with van der Waals surface area (Å²) in [4.78, 5) is 1.20. The molecule has 2 atom stereocenters. The van der Waals surface area contributed by atoms with Gasteiger partial charge in [-0.2, -0.15) is 0 Å². The average Bonchev–Trinajstić information content (AvgIpc) is 2.94. The van der Waals surface area contributed by atoms with Gasteiger partial charge in [-0.25, -0.2) is 0 Å². The Bertz CT molecular complexity index is 540. The highest BCUT2D eigenvalue weighted by Gasteiger charge is 2.30. The van der Waals surface area contributed by atoms with Crippen molar-refractivity contribution >= 4 is 27.3 Å². The van der Waals surface area contributed by atoms with Crippen molar-refractivity contribution in [3.8, 4) is 5.75 Å². The normalized spacial score (nSPS) is 19.8. The van der Waals surface area contributed by atoms with E-state index >= 15 is 0 Å². The smallest absolute Gasteiger partial charge is 0.122 e. The summed E-state index contributed by atoms with van der Waals surface area (Å²) in [6.07, 6.45) is 0. The number of thiophene rings is 1. The molecule has 4 heteroatoms. The van der Waals surface area contributed by atoms with Crippen LogP contribution in [0.25, 0.3) is 0 Å². The van der Waals surface area contributed by atoms with Gasteiger partial charge in [-0.05, 0) is 34.1 Å². The van der Waals surface area contributed by atoms with E-state index in [-0.39, 0.29) is 12.0 Å². The standard InChI is InChI=1S/C13H12BrNOS/c14-12-6-5-11(17-12)13(15)9-7-16-10-4-2-1-3-8(9)10/h1-6,9,13H,7,15H2. The molecule has 0 fully saturated rings. The lowest BCUT2D eigenvalue weighted by Crippen LogP contribution is -2.19. The van der Waals surface area contributed by atoms with Gasteiger partial charge in [0.1, 0.15) is 5.75 Å². The quantitative estimate of drug-likeness (QED) is 0.918. The van der Waals surface area contributed by atoms with E-state index in [1.165, 1.54) is 10.4 Å². The van der Waals surface area contributed by atoms with E-state index in [1.54, 1.807) is 11.3 Å². The van der Waals surface area contributed by atoms with Crippen LogP contribution in [0.3, 0.4) is 0 Å². The molecule has 0 bridgehead atoms. The lowest BCUT2D eigenvalue weighted by atomic mass is 9.93. The van der Waals surface area contributed by atoms with Crippen LogP contribution < -0.4 is 10.5 Å². The average molecular weight is 310 g/mol. The van der Waals surface area contributed by atoms with E-state index in [4.69, 9.17) is 10.5 Å². The fraction of sp³-hybridized carbons (Fsp3) is 0.231. The fourth-order valence-corrected chi connectivity index (χ4v) is 3.68. The second kappa shape index (κ2) is 4.44. The predicted molar refractivity (Wildman–Crippen MR) is 73.6 cm³/mol. The number of hydrogen-bond donors (Lipinski definition) is 1. The van der Waals surface area contributed by atoms with Crippen LogP contribution in [0.5, 0.6) is 5.75 Å². The highest BCUT2D eigenvalue weighted by atomic mass is 79.9. The van der Waals surface area contributed by atoms with Gasteiger partial charge in [-0.1, -0.05) is 18.2 Å². The van der Waals surface area contributed by atoms with Crippen molar-refractivity contribution in [2.24, 2.45) is 5.73 Å². The van der Waals surface area contributed by atoms with E-state index in [0.717, 1.165) is 9.54 Å². The molecule has 2 N–H and O–H groups in total. The summed E-state index contributed by atoms with van der Waals surface area (Å²) in [5, 5.41) is 0. The molecule has 0 spiro atoms. The number of nitrogens with two attached hydrogens (primary N) is 1. The van der Waals surface area contributed by atoms with E-state index in [2.05, 4.69) is 28.1 Å². The Morgan fingerprint density at radius 1 is 1.29 bits per heavy atom. The third-order valence-corrected chi connectivity index (χ3v) is 4.82. The summed E-state index contributed by atoms with van der Waals surface area (Å²) in [5.41, 5.74) is 7.56. The van der Waals surface area contributed by atoms with Crippen molar-refractivity contribution in [1.82, 2.24) is 0 Å². The van der Waals surface area contributed by atoms with Gasteiger partial charge in [0.2, 0.25) is 0 Å². The molecule has 17 heavy (non-hydrogen) atoms. The van der Waals surface area contributed by atoms with Gasteiger partial charge in [0.25, 0.3) is 0 Å². The molecular formula is C13H12BrNOS. The maximum atomic E-state index is 6.34. The van der Waals surface area contributed by atoms with Crippen LogP contribution in [0, 0.1) is 0 Å². The minimum Gasteiger partial charge on any atom is -0.493 e. The van der Waals surface area contributed by atoms with Crippen molar-refractivity contribution < 1.29 is 4.74 Å². The second-order valence-corrected chi connectivity index (χ2v) is 6.62. The molecule has 1 aliphatic rings. The fourth-order valence-electron chi connectivity index (χ4n) is 2.19. The number of rotatable bonds is 2. The topological polar surface area (TPSA) is 35.2 Å². The molecule has 0 aliphatic carbocycles. The number of ether oxygens (including phenoxy) is 1. The van der Waals surface area contributed by atoms with Gasteiger partial charge in [0, 0.05) is 22.4 Å². The first-order valence-electron chi connectivity index (χ1n) is 5.48. The molecule has 3 rings (SSSR count). The second-order valence-electron chi connectivity index (χ2n) is 4.12. The monoisotopic (exact) mass is 309 g/mol. The molecule has 0 saturated carbocycles. The van der Waals surface area contributed by atoms with Gasteiger partial charge in [-0.15, -0.1) is 11.3 Å². The molecular weight excluding hydrogens is 298 g/mol. The molecule has 0 amide bonds. The van der Waals surface area contributed by atoms with E-state index in [9.17, 15) is 0 Å². The van der Waals surface area contributed by atoms with Crippen LogP contribution in [0.1, 0.15) is 22.4 Å². The Labute approximate surface area is 113 Å². The molecule has 1 aromatic heterocycles. The van der Waals surface area contributed by atoms with Gasteiger partial charge in [0.15, 0.2) is 0 Å². The van der Waals surface area contributed by atoms with Crippen LogP contribution in [0.15, 0.2) is 40.2 Å². The highest BCUT2D eigenvalue weighted by molar-refractivity contribution is 9.11. The van der Waals surface area contributed by atoms with Crippen LogP contribution in [-0.2, 0) is 0 Å². The summed E-state index contributed by atoms with van der Waals surface area (Å²) in [7, 11) is 0. The lowest BCUT2D eigenvalue weighted by molar-refractivity contribution is 0.316. The zero-order chi connectivity index (χ0) is 11.8. The van der Waals surface area contributed by atoms with Crippen LogP contribution >= 0.6 is 27.3 Å². The molecule has 1 aromatic carbocycles. The first-order valence-corrected chi connectivity index (χ1v) is 7.09. The maximum Gasteiger partial charge on any atom is 0.122 e. The van der Waals surface area contributed by atoms with Crippen molar-refractivity contribution in [3.63, 3.8) is 0 Å². The van der Waals surface area contributed by atoms with Crippen LogP contribution in [-0.4, -0.2) is 6.61 Å². The summed E-state index contributed by atoms with van der Waals surface area (Å²) in [6, 6.07) is 12.3. The molecule has 88 valence electrons. The van der Waals surface area contributed by atoms with Crippen molar-refractivity contribution in [1.29, 1.82) is 0 Å². The molecule has 2 heterocycles. The first-order chi connectivity index (χ1) is 8.25. The summed E-state index contributed by atoms with van der Waals surface area (Å²) >= 11 is 5.17. The van der Waals surface area contributed by atoms with E-state index in [0.29, 0.717) is 6.61 Å². The number of halogens is 1. The van der Waals surface area contributed by atoms with E-state index in [1.807, 2.05) is 24.3 Å². The number of hydrogen-bond acceptors (Lipinski definition) is 3. The number of benzene rings is 1. The predicted octanol–water partition coefficient (Wildman–Crippen LogP) is 3.69. The van der Waals surface area contributed by atoms with Gasteiger partial charge in [0.05, 0.1) is 10.4 Å². The SMILES string of the molecule is NC(c1ccc(Br)s1)C1COc2ccccc21. The minimum atomic E-state index is 0.00921. The summed E-state index contributed by atoms with van der Waals surface area (Å²) in [6.45, 7) is 0.677. The summed E-state index contributed by atoms with van der Waals surface area (Å²) in [5.74, 6) is 1.24. The van der Waals surface area contributed by atoms with Crippen LogP contribution in [0.2, 0.25) is 0 Å². The Kier molecular flexibility index (Phi) is 2.94. The Balaban J connectivity index is 1.92. The Morgan fingerprint density at radius 3 is 2.88 bits per heavy atom. The first kappa shape index (κ1) is 11.3. The molecule has 2 unspecified atom stereocenters. The highest BCUT2D eigenvalue weighted by Crippen LogP contribution is 2.41. The van der Waals surface area contributed by atoms with Crippen molar-refractivity contribution in [2.75, 3.05) is 6.61 Å². The third kappa shape index (κ3) is 2.01. The number of para-hydroxylation sites is 1. The van der Waals surface area contributed by atoms with Gasteiger partial charge in [-0.3, -0.25) is 0 Å². The van der Waals surface area contributed by atoms with Crippen molar-refractivity contribution in [2.45, 2.75) is 12.0 Å². The molecule has 0 saturated heterocycles. The zero-order valence-corrected chi connectivity index (χ0v) is 11.5. The largest absolute Gasteiger partial charge is 0.493 e. The number of fused-ring (bicyclic) bond motifs is 1. The Morgan fingerprint density at radius 2 is 2.12 bits per heavy atom. The van der Waals surface area contributed by atoms with E-state index < -0.39 is 0 Å². The van der Waals surface area contributed by atoms with Gasteiger partial charge >= 0.3 is 0 Å². The molecule has 2 nitrogen and oxygen atoms in total. The molecule has 2 aromatic rings. The molecule has 1 aliphatic heterocycles. The zero-order valence-electron chi connectivity index (χ0n) is 9.10. The van der Waals surface area contributed by atoms with Crippen molar-refractivity contribution in [3.05, 3.63) is 50.6 Å². The molecule has 0 radical (unpaired) electrons. The third-order valence-electron chi connectivity index (χ3n) is 3.09. The Hall–Kier alpha value is -0.840. The van der Waals surface area contributed by atoms with Gasteiger partial charge < -0.3 is 10.5 Å². The maximum absolute atomic E-state index is 6.34. The minimum absolute atomic E-state index is 0.00921. The summed E-state index contributed by atoms with van der Waals surface area (Å²) < 4.78 is 6.79.